The summed E-state index contributed by atoms with van der Waals surface area (Å²) in [4.78, 5) is 11.4. The van der Waals surface area contributed by atoms with Crippen LogP contribution in [0.1, 0.15) is 16.2 Å². The maximum atomic E-state index is 11.4. The Bertz CT molecular complexity index is 306. The van der Waals surface area contributed by atoms with Gasteiger partial charge in [-0.05, 0) is 13.0 Å². The Morgan fingerprint density at radius 3 is 2.92 bits per heavy atom. The van der Waals surface area contributed by atoms with E-state index in [0.717, 1.165) is 5.69 Å². The molecule has 1 heterocycles. The number of carbonyl (C=O) groups excluding carboxylic acids is 1. The van der Waals surface area contributed by atoms with Gasteiger partial charge in [-0.3, -0.25) is 9.48 Å². The molecule has 0 aliphatic rings. The number of aryl methyl sites for hydroxylation is 2. The number of carbonyl (C=O) groups is 1. The van der Waals surface area contributed by atoms with Crippen LogP contribution in [0.2, 0.25) is 0 Å². The molecule has 72 valence electrons. The van der Waals surface area contributed by atoms with Crippen LogP contribution in [0.3, 0.4) is 0 Å². The van der Waals surface area contributed by atoms with Gasteiger partial charge >= 0.3 is 0 Å². The van der Waals surface area contributed by atoms with Gasteiger partial charge in [0, 0.05) is 13.6 Å². The zero-order chi connectivity index (χ0) is 9.84. The summed E-state index contributed by atoms with van der Waals surface area (Å²) in [5, 5.41) is 15.1. The van der Waals surface area contributed by atoms with E-state index in [0.29, 0.717) is 5.69 Å². The third-order valence-corrected chi connectivity index (χ3v) is 1.63. The molecule has 0 saturated carbocycles. The first-order valence-electron chi connectivity index (χ1n) is 4.05. The van der Waals surface area contributed by atoms with Gasteiger partial charge < -0.3 is 10.4 Å². The minimum atomic E-state index is -0.211. The Kier molecular flexibility index (Phi) is 3.02. The second-order valence-corrected chi connectivity index (χ2v) is 2.77. The summed E-state index contributed by atoms with van der Waals surface area (Å²) in [5.41, 5.74) is 1.31. The highest BCUT2D eigenvalue weighted by molar-refractivity contribution is 5.92. The lowest BCUT2D eigenvalue weighted by Crippen LogP contribution is -2.28. The molecular formula is C8H13N3O2. The second-order valence-electron chi connectivity index (χ2n) is 2.77. The van der Waals surface area contributed by atoms with Crippen molar-refractivity contribution in [1.29, 1.82) is 0 Å². The molecule has 0 saturated heterocycles. The Labute approximate surface area is 76.4 Å². The standard InChI is InChI=1S/C8H13N3O2/c1-6-5-7(11(2)10-6)8(13)9-3-4-12/h5,12H,3-4H2,1-2H3,(H,9,13). The van der Waals surface area contributed by atoms with Crippen LogP contribution in [-0.2, 0) is 7.05 Å². The fourth-order valence-corrected chi connectivity index (χ4v) is 1.08. The molecule has 0 aliphatic carbocycles. The van der Waals surface area contributed by atoms with Crippen molar-refractivity contribution in [2.24, 2.45) is 7.05 Å². The van der Waals surface area contributed by atoms with Crippen molar-refractivity contribution in [3.63, 3.8) is 0 Å². The summed E-state index contributed by atoms with van der Waals surface area (Å²) in [6.07, 6.45) is 0. The van der Waals surface area contributed by atoms with Crippen molar-refractivity contribution >= 4 is 5.91 Å². The number of hydrogen-bond donors (Lipinski definition) is 2. The average Bonchev–Trinajstić information content (AvgIpc) is 2.41. The van der Waals surface area contributed by atoms with Gasteiger partial charge in [-0.25, -0.2) is 0 Å². The number of nitrogens with one attached hydrogen (secondary N) is 1. The Balaban J connectivity index is 2.70. The molecule has 1 amide bonds. The van der Waals surface area contributed by atoms with Crippen LogP contribution in [-0.4, -0.2) is 33.9 Å². The van der Waals surface area contributed by atoms with Crippen molar-refractivity contribution in [2.45, 2.75) is 6.92 Å². The molecule has 1 aromatic heterocycles. The number of amides is 1. The fraction of sp³-hybridized carbons (Fsp3) is 0.500. The van der Waals surface area contributed by atoms with E-state index in [2.05, 4.69) is 10.4 Å². The molecule has 0 aromatic carbocycles. The third kappa shape index (κ3) is 2.29. The zero-order valence-electron chi connectivity index (χ0n) is 7.74. The third-order valence-electron chi connectivity index (χ3n) is 1.63. The molecule has 0 bridgehead atoms. The molecule has 5 heteroatoms. The SMILES string of the molecule is Cc1cc(C(=O)NCCO)n(C)n1. The number of rotatable bonds is 3. The van der Waals surface area contributed by atoms with Crippen molar-refractivity contribution in [1.82, 2.24) is 15.1 Å². The fourth-order valence-electron chi connectivity index (χ4n) is 1.08. The minimum absolute atomic E-state index is 0.0530. The van der Waals surface area contributed by atoms with Gasteiger partial charge in [0.25, 0.3) is 5.91 Å². The number of aliphatic hydroxyl groups excluding tert-OH is 1. The Hall–Kier alpha value is -1.36. The molecule has 13 heavy (non-hydrogen) atoms. The summed E-state index contributed by atoms with van der Waals surface area (Å²) >= 11 is 0. The van der Waals surface area contributed by atoms with Crippen molar-refractivity contribution in [3.05, 3.63) is 17.5 Å². The minimum Gasteiger partial charge on any atom is -0.395 e. The smallest absolute Gasteiger partial charge is 0.269 e. The van der Waals surface area contributed by atoms with Gasteiger partial charge in [0.15, 0.2) is 0 Å². The van der Waals surface area contributed by atoms with Gasteiger partial charge in [-0.15, -0.1) is 0 Å². The zero-order valence-corrected chi connectivity index (χ0v) is 7.74. The van der Waals surface area contributed by atoms with E-state index in [1.807, 2.05) is 6.92 Å². The lowest BCUT2D eigenvalue weighted by Gasteiger charge is -2.01. The number of nitrogens with zero attached hydrogens (tertiary/aromatic N) is 2. The first kappa shape index (κ1) is 9.73. The van der Waals surface area contributed by atoms with Crippen molar-refractivity contribution in [3.8, 4) is 0 Å². The highest BCUT2D eigenvalue weighted by Gasteiger charge is 2.09. The van der Waals surface area contributed by atoms with Crippen LogP contribution < -0.4 is 5.32 Å². The summed E-state index contributed by atoms with van der Waals surface area (Å²) < 4.78 is 1.52. The van der Waals surface area contributed by atoms with Crippen LogP contribution in [0.25, 0.3) is 0 Å². The van der Waals surface area contributed by atoms with E-state index in [-0.39, 0.29) is 19.1 Å². The largest absolute Gasteiger partial charge is 0.395 e. The van der Waals surface area contributed by atoms with Crippen LogP contribution in [0.4, 0.5) is 0 Å². The van der Waals surface area contributed by atoms with Crippen LogP contribution in [0.15, 0.2) is 6.07 Å². The summed E-state index contributed by atoms with van der Waals surface area (Å²) in [5.74, 6) is -0.211. The van der Waals surface area contributed by atoms with E-state index in [1.165, 1.54) is 4.68 Å². The van der Waals surface area contributed by atoms with Gasteiger partial charge in [0.05, 0.1) is 12.3 Å². The van der Waals surface area contributed by atoms with Gasteiger partial charge in [0.2, 0.25) is 0 Å². The molecule has 1 aromatic rings. The van der Waals surface area contributed by atoms with Crippen LogP contribution >= 0.6 is 0 Å². The van der Waals surface area contributed by atoms with Crippen LogP contribution in [0, 0.1) is 6.92 Å². The Morgan fingerprint density at radius 1 is 1.77 bits per heavy atom. The van der Waals surface area contributed by atoms with E-state index < -0.39 is 0 Å². The molecule has 2 N–H and O–H groups in total. The Morgan fingerprint density at radius 2 is 2.46 bits per heavy atom. The summed E-state index contributed by atoms with van der Waals surface area (Å²) in [7, 11) is 1.71. The maximum Gasteiger partial charge on any atom is 0.269 e. The summed E-state index contributed by atoms with van der Waals surface area (Å²) in [6, 6.07) is 1.70. The molecule has 1 rings (SSSR count). The maximum absolute atomic E-state index is 11.4. The van der Waals surface area contributed by atoms with Gasteiger partial charge in [-0.1, -0.05) is 0 Å². The molecule has 0 fully saturated rings. The molecule has 0 aliphatic heterocycles. The van der Waals surface area contributed by atoms with E-state index >= 15 is 0 Å². The lowest BCUT2D eigenvalue weighted by molar-refractivity contribution is 0.0935. The average molecular weight is 183 g/mol. The predicted octanol–water partition coefficient (Wildman–Crippen LogP) is -0.549. The van der Waals surface area contributed by atoms with E-state index in [1.54, 1.807) is 13.1 Å². The molecule has 0 unspecified atom stereocenters. The lowest BCUT2D eigenvalue weighted by atomic mass is 10.3. The molecule has 5 nitrogen and oxygen atoms in total. The molecule has 0 radical (unpaired) electrons. The number of aromatic nitrogens is 2. The first-order valence-corrected chi connectivity index (χ1v) is 4.05. The van der Waals surface area contributed by atoms with Gasteiger partial charge in [-0.2, -0.15) is 5.10 Å². The first-order chi connectivity index (χ1) is 6.15. The van der Waals surface area contributed by atoms with Crippen molar-refractivity contribution in [2.75, 3.05) is 13.2 Å². The van der Waals surface area contributed by atoms with Crippen molar-refractivity contribution < 1.29 is 9.90 Å². The van der Waals surface area contributed by atoms with E-state index in [4.69, 9.17) is 5.11 Å². The highest BCUT2D eigenvalue weighted by atomic mass is 16.3. The second kappa shape index (κ2) is 4.04. The molecular weight excluding hydrogens is 170 g/mol. The quantitative estimate of drug-likeness (QED) is 0.660. The number of hydrogen-bond acceptors (Lipinski definition) is 3. The molecule has 0 atom stereocenters. The molecule has 0 spiro atoms. The summed E-state index contributed by atoms with van der Waals surface area (Å²) in [6.45, 7) is 2.04. The van der Waals surface area contributed by atoms with E-state index in [9.17, 15) is 4.79 Å². The topological polar surface area (TPSA) is 67.2 Å². The van der Waals surface area contributed by atoms with Gasteiger partial charge in [0.1, 0.15) is 5.69 Å². The normalized spacial score (nSPS) is 10.1. The van der Waals surface area contributed by atoms with Crippen LogP contribution in [0.5, 0.6) is 0 Å². The number of aliphatic hydroxyl groups is 1. The highest BCUT2D eigenvalue weighted by Crippen LogP contribution is 2.00. The predicted molar refractivity (Wildman–Crippen MR) is 47.4 cm³/mol. The monoisotopic (exact) mass is 183 g/mol.